The number of halogens is 1. The first-order valence-electron chi connectivity index (χ1n) is 6.02. The van der Waals surface area contributed by atoms with Crippen LogP contribution >= 0.6 is 11.6 Å². The summed E-state index contributed by atoms with van der Waals surface area (Å²) >= 11 is 5.96. The van der Waals surface area contributed by atoms with Crippen molar-refractivity contribution in [1.82, 2.24) is 4.57 Å². The molecular formula is C15H15ClN. The SMILES string of the molecule is Cn1[c]c(C2(c3ccc(Cl)cc3)CCC2)cc1. The molecule has 0 spiro atoms. The average Bonchev–Trinajstić information content (AvgIpc) is 2.67. The largest absolute Gasteiger partial charge is 0.349 e. The van der Waals surface area contributed by atoms with Crippen LogP contribution in [-0.2, 0) is 12.5 Å². The standard InChI is InChI=1S/C15H15ClN/c1-17-10-7-13(11-17)15(8-2-9-15)12-3-5-14(16)6-4-12/h3-7,10H,2,8-9H2,1H3. The molecule has 1 fully saturated rings. The van der Waals surface area contributed by atoms with Crippen LogP contribution in [0.3, 0.4) is 0 Å². The lowest BCUT2D eigenvalue weighted by Crippen LogP contribution is -2.35. The maximum atomic E-state index is 5.96. The van der Waals surface area contributed by atoms with E-state index in [0.717, 1.165) is 5.02 Å². The van der Waals surface area contributed by atoms with Crippen molar-refractivity contribution in [1.29, 1.82) is 0 Å². The Kier molecular flexibility index (Phi) is 2.52. The fraction of sp³-hybridized carbons (Fsp3) is 0.333. The van der Waals surface area contributed by atoms with E-state index in [4.69, 9.17) is 11.6 Å². The van der Waals surface area contributed by atoms with Gasteiger partial charge in [0.15, 0.2) is 0 Å². The first-order valence-corrected chi connectivity index (χ1v) is 6.40. The van der Waals surface area contributed by atoms with Gasteiger partial charge in [0.25, 0.3) is 0 Å². The molecule has 3 rings (SSSR count). The van der Waals surface area contributed by atoms with E-state index in [1.54, 1.807) is 0 Å². The van der Waals surface area contributed by atoms with Crippen LogP contribution in [0.2, 0.25) is 5.02 Å². The molecule has 0 atom stereocenters. The summed E-state index contributed by atoms with van der Waals surface area (Å²) in [5.41, 5.74) is 2.87. The third-order valence-corrected chi connectivity index (χ3v) is 4.13. The van der Waals surface area contributed by atoms with Crippen LogP contribution < -0.4 is 0 Å². The molecule has 1 aromatic carbocycles. The number of rotatable bonds is 2. The number of hydrogen-bond donors (Lipinski definition) is 0. The predicted molar refractivity (Wildman–Crippen MR) is 70.3 cm³/mol. The first kappa shape index (κ1) is 10.9. The van der Waals surface area contributed by atoms with Crippen molar-refractivity contribution in [2.45, 2.75) is 24.7 Å². The van der Waals surface area contributed by atoms with Crippen molar-refractivity contribution in [3.05, 3.63) is 58.9 Å². The second-order valence-corrected chi connectivity index (χ2v) is 5.33. The van der Waals surface area contributed by atoms with Crippen molar-refractivity contribution in [3.8, 4) is 0 Å². The Labute approximate surface area is 107 Å². The van der Waals surface area contributed by atoms with Gasteiger partial charge in [-0.25, -0.2) is 0 Å². The Morgan fingerprint density at radius 1 is 1.18 bits per heavy atom. The van der Waals surface area contributed by atoms with Crippen molar-refractivity contribution in [3.63, 3.8) is 0 Å². The average molecular weight is 245 g/mol. The molecule has 2 aromatic rings. The Balaban J connectivity index is 2.05. The van der Waals surface area contributed by atoms with Crippen LogP contribution in [0, 0.1) is 6.20 Å². The molecule has 1 aliphatic rings. The zero-order valence-corrected chi connectivity index (χ0v) is 10.7. The molecule has 87 valence electrons. The molecule has 1 aromatic heterocycles. The van der Waals surface area contributed by atoms with E-state index in [9.17, 15) is 0 Å². The molecule has 1 heterocycles. The van der Waals surface area contributed by atoms with Crippen LogP contribution in [0.25, 0.3) is 0 Å². The minimum atomic E-state index is 0.186. The minimum absolute atomic E-state index is 0.186. The highest BCUT2D eigenvalue weighted by Crippen LogP contribution is 2.48. The Bertz CT molecular complexity index is 520. The minimum Gasteiger partial charge on any atom is -0.349 e. The van der Waals surface area contributed by atoms with Gasteiger partial charge in [0.05, 0.1) is 6.20 Å². The topological polar surface area (TPSA) is 4.93 Å². The number of benzene rings is 1. The van der Waals surface area contributed by atoms with Gasteiger partial charge in [-0.15, -0.1) is 0 Å². The summed E-state index contributed by atoms with van der Waals surface area (Å²) in [6, 6.07) is 10.5. The summed E-state index contributed by atoms with van der Waals surface area (Å²) in [6.07, 6.45) is 9.22. The van der Waals surface area contributed by atoms with Gasteiger partial charge >= 0.3 is 0 Å². The van der Waals surface area contributed by atoms with Gasteiger partial charge in [-0.1, -0.05) is 30.2 Å². The Morgan fingerprint density at radius 2 is 1.88 bits per heavy atom. The van der Waals surface area contributed by atoms with E-state index < -0.39 is 0 Å². The maximum Gasteiger partial charge on any atom is 0.0690 e. The Morgan fingerprint density at radius 3 is 2.35 bits per heavy atom. The zero-order valence-electron chi connectivity index (χ0n) is 9.91. The second kappa shape index (κ2) is 3.92. The summed E-state index contributed by atoms with van der Waals surface area (Å²) in [4.78, 5) is 0. The lowest BCUT2D eigenvalue weighted by Gasteiger charge is -2.42. The monoisotopic (exact) mass is 244 g/mol. The van der Waals surface area contributed by atoms with E-state index in [2.05, 4.69) is 30.6 Å². The first-order chi connectivity index (χ1) is 8.21. The van der Waals surface area contributed by atoms with Gasteiger partial charge in [0.1, 0.15) is 0 Å². The molecule has 0 amide bonds. The molecule has 1 aliphatic carbocycles. The molecule has 0 N–H and O–H groups in total. The molecule has 0 unspecified atom stereocenters. The normalized spacial score (nSPS) is 17.8. The molecule has 1 radical (unpaired) electrons. The second-order valence-electron chi connectivity index (χ2n) is 4.89. The number of nitrogens with zero attached hydrogens (tertiary/aromatic N) is 1. The highest BCUT2D eigenvalue weighted by Gasteiger charge is 2.40. The smallest absolute Gasteiger partial charge is 0.0690 e. The quantitative estimate of drug-likeness (QED) is 0.754. The molecule has 0 bridgehead atoms. The van der Waals surface area contributed by atoms with Crippen LogP contribution in [0.1, 0.15) is 30.4 Å². The summed E-state index contributed by atoms with van der Waals surface area (Å²) in [5.74, 6) is 0. The van der Waals surface area contributed by atoms with E-state index in [1.165, 1.54) is 30.4 Å². The van der Waals surface area contributed by atoms with Gasteiger partial charge in [-0.05, 0) is 42.2 Å². The van der Waals surface area contributed by atoms with E-state index in [0.29, 0.717) is 0 Å². The zero-order chi connectivity index (χ0) is 11.9. The third kappa shape index (κ3) is 1.69. The Hall–Kier alpha value is -1.21. The predicted octanol–water partition coefficient (Wildman–Crippen LogP) is 3.95. The molecular weight excluding hydrogens is 230 g/mol. The molecule has 17 heavy (non-hydrogen) atoms. The van der Waals surface area contributed by atoms with Crippen LogP contribution in [-0.4, -0.2) is 4.57 Å². The number of aryl methyl sites for hydroxylation is 1. The molecule has 0 aliphatic heterocycles. The molecule has 2 heteroatoms. The molecule has 1 saturated carbocycles. The highest BCUT2D eigenvalue weighted by molar-refractivity contribution is 6.30. The van der Waals surface area contributed by atoms with Crippen LogP contribution in [0.4, 0.5) is 0 Å². The van der Waals surface area contributed by atoms with Gasteiger partial charge in [-0.3, -0.25) is 0 Å². The lowest BCUT2D eigenvalue weighted by molar-refractivity contribution is 0.301. The van der Waals surface area contributed by atoms with Crippen LogP contribution in [0.5, 0.6) is 0 Å². The summed E-state index contributed by atoms with van der Waals surface area (Å²) in [7, 11) is 2.03. The van der Waals surface area contributed by atoms with Crippen molar-refractivity contribution in [2.24, 2.45) is 7.05 Å². The molecule has 0 saturated heterocycles. The van der Waals surface area contributed by atoms with E-state index >= 15 is 0 Å². The number of aromatic nitrogens is 1. The van der Waals surface area contributed by atoms with Gasteiger partial charge in [-0.2, -0.15) is 0 Å². The van der Waals surface area contributed by atoms with E-state index in [-0.39, 0.29) is 5.41 Å². The van der Waals surface area contributed by atoms with Gasteiger partial charge in [0, 0.05) is 23.7 Å². The number of hydrogen-bond acceptors (Lipinski definition) is 0. The van der Waals surface area contributed by atoms with Crippen molar-refractivity contribution in [2.75, 3.05) is 0 Å². The maximum absolute atomic E-state index is 5.96. The van der Waals surface area contributed by atoms with E-state index in [1.807, 2.05) is 23.7 Å². The highest BCUT2D eigenvalue weighted by atomic mass is 35.5. The van der Waals surface area contributed by atoms with Crippen molar-refractivity contribution >= 4 is 11.6 Å². The molecule has 1 nitrogen and oxygen atoms in total. The third-order valence-electron chi connectivity index (χ3n) is 3.88. The lowest BCUT2D eigenvalue weighted by atomic mass is 9.61. The summed E-state index contributed by atoms with van der Waals surface area (Å²) in [6.45, 7) is 0. The van der Waals surface area contributed by atoms with Crippen LogP contribution in [0.15, 0.2) is 36.5 Å². The summed E-state index contributed by atoms with van der Waals surface area (Å²) in [5, 5.41) is 0.806. The van der Waals surface area contributed by atoms with Gasteiger partial charge in [0.2, 0.25) is 0 Å². The summed E-state index contributed by atoms with van der Waals surface area (Å²) < 4.78 is 2.01. The fourth-order valence-corrected chi connectivity index (χ4v) is 2.86. The van der Waals surface area contributed by atoms with Crippen molar-refractivity contribution < 1.29 is 0 Å². The fourth-order valence-electron chi connectivity index (χ4n) is 2.73. The van der Waals surface area contributed by atoms with Gasteiger partial charge < -0.3 is 4.57 Å².